The van der Waals surface area contributed by atoms with E-state index in [-0.39, 0.29) is 24.3 Å². The molecule has 3 rings (SSSR count). The largest absolute Gasteiger partial charge is 0.493 e. The molecule has 1 atom stereocenters. The van der Waals surface area contributed by atoms with E-state index in [1.807, 2.05) is 30.3 Å². The van der Waals surface area contributed by atoms with Crippen LogP contribution in [0, 0.1) is 0 Å². The highest BCUT2D eigenvalue weighted by atomic mass is 16.5. The van der Waals surface area contributed by atoms with E-state index >= 15 is 0 Å². The molecule has 28 heavy (non-hydrogen) atoms. The van der Waals surface area contributed by atoms with Crippen molar-refractivity contribution in [3.05, 3.63) is 48.0 Å². The number of hydrogen-bond donors (Lipinski definition) is 1. The third kappa shape index (κ3) is 4.19. The number of ether oxygens (including phenoxy) is 3. The van der Waals surface area contributed by atoms with Gasteiger partial charge in [0.15, 0.2) is 11.5 Å². The molecule has 0 saturated carbocycles. The van der Waals surface area contributed by atoms with E-state index in [1.54, 1.807) is 17.0 Å². The maximum absolute atomic E-state index is 12.5. The molecule has 1 saturated heterocycles. The van der Waals surface area contributed by atoms with Crippen LogP contribution in [-0.4, -0.2) is 51.1 Å². The van der Waals surface area contributed by atoms with Crippen LogP contribution in [0.1, 0.15) is 17.9 Å². The van der Waals surface area contributed by atoms with Crippen molar-refractivity contribution in [1.82, 2.24) is 4.90 Å². The average molecular weight is 384 g/mol. The van der Waals surface area contributed by atoms with Crippen molar-refractivity contribution >= 4 is 17.5 Å². The summed E-state index contributed by atoms with van der Waals surface area (Å²) >= 11 is 0. The second kappa shape index (κ2) is 8.65. The van der Waals surface area contributed by atoms with Gasteiger partial charge in [-0.05, 0) is 5.56 Å². The SMILES string of the molecule is COc1cc(NC(=O)CN2C[C@@H](c3ccccc3)CC2=O)cc(OC)c1OC. The molecule has 2 amide bonds. The van der Waals surface area contributed by atoms with Crippen molar-refractivity contribution in [2.75, 3.05) is 39.7 Å². The monoisotopic (exact) mass is 384 g/mol. The molecule has 148 valence electrons. The number of benzene rings is 2. The van der Waals surface area contributed by atoms with Crippen molar-refractivity contribution in [2.45, 2.75) is 12.3 Å². The Morgan fingerprint density at radius 1 is 1.07 bits per heavy atom. The Morgan fingerprint density at radius 3 is 2.29 bits per heavy atom. The maximum atomic E-state index is 12.5. The first-order valence-corrected chi connectivity index (χ1v) is 8.98. The van der Waals surface area contributed by atoms with Crippen molar-refractivity contribution in [3.8, 4) is 17.2 Å². The molecule has 0 aliphatic carbocycles. The third-order valence-electron chi connectivity index (χ3n) is 4.77. The van der Waals surface area contributed by atoms with Gasteiger partial charge in [-0.3, -0.25) is 9.59 Å². The molecule has 0 bridgehead atoms. The zero-order chi connectivity index (χ0) is 20.1. The first-order valence-electron chi connectivity index (χ1n) is 8.98. The van der Waals surface area contributed by atoms with E-state index in [0.717, 1.165) is 5.56 Å². The van der Waals surface area contributed by atoms with Gasteiger partial charge in [0.1, 0.15) is 0 Å². The lowest BCUT2D eigenvalue weighted by Crippen LogP contribution is -2.34. The van der Waals surface area contributed by atoms with Gasteiger partial charge in [-0.2, -0.15) is 0 Å². The second-order valence-electron chi connectivity index (χ2n) is 6.55. The number of carbonyl (C=O) groups excluding carboxylic acids is 2. The number of hydrogen-bond acceptors (Lipinski definition) is 5. The van der Waals surface area contributed by atoms with E-state index in [9.17, 15) is 9.59 Å². The number of nitrogens with zero attached hydrogens (tertiary/aromatic N) is 1. The molecule has 1 heterocycles. The van der Waals surface area contributed by atoms with Crippen molar-refractivity contribution in [3.63, 3.8) is 0 Å². The summed E-state index contributed by atoms with van der Waals surface area (Å²) in [6.45, 7) is 0.532. The highest BCUT2D eigenvalue weighted by Gasteiger charge is 2.31. The van der Waals surface area contributed by atoms with Crippen LogP contribution >= 0.6 is 0 Å². The number of anilines is 1. The summed E-state index contributed by atoms with van der Waals surface area (Å²) in [6, 6.07) is 13.2. The van der Waals surface area contributed by atoms with Gasteiger partial charge in [0.2, 0.25) is 17.6 Å². The van der Waals surface area contributed by atoms with Gasteiger partial charge in [0, 0.05) is 36.7 Å². The first kappa shape index (κ1) is 19.5. The van der Waals surface area contributed by atoms with E-state index in [1.165, 1.54) is 21.3 Å². The Bertz CT molecular complexity index is 828. The summed E-state index contributed by atoms with van der Waals surface area (Å²) in [6.07, 6.45) is 0.418. The van der Waals surface area contributed by atoms with Crippen LogP contribution in [0.5, 0.6) is 17.2 Å². The smallest absolute Gasteiger partial charge is 0.244 e. The highest BCUT2D eigenvalue weighted by Crippen LogP contribution is 2.40. The molecule has 1 aliphatic rings. The summed E-state index contributed by atoms with van der Waals surface area (Å²) in [5, 5.41) is 2.80. The van der Waals surface area contributed by atoms with E-state index in [2.05, 4.69) is 5.32 Å². The van der Waals surface area contributed by atoms with Crippen LogP contribution in [0.25, 0.3) is 0 Å². The molecule has 1 fully saturated rings. The minimum atomic E-state index is -0.281. The van der Waals surface area contributed by atoms with Crippen molar-refractivity contribution < 1.29 is 23.8 Å². The normalized spacial score (nSPS) is 16.0. The van der Waals surface area contributed by atoms with Crippen molar-refractivity contribution in [2.24, 2.45) is 0 Å². The van der Waals surface area contributed by atoms with Crippen LogP contribution in [0.3, 0.4) is 0 Å². The Hall–Kier alpha value is -3.22. The topological polar surface area (TPSA) is 77.1 Å². The molecule has 0 spiro atoms. The molecule has 2 aromatic rings. The van der Waals surface area contributed by atoms with Gasteiger partial charge < -0.3 is 24.4 Å². The zero-order valence-electron chi connectivity index (χ0n) is 16.2. The number of nitrogens with one attached hydrogen (secondary N) is 1. The highest BCUT2D eigenvalue weighted by molar-refractivity contribution is 5.95. The Balaban J connectivity index is 1.67. The molecule has 0 radical (unpaired) electrons. The predicted octanol–water partition coefficient (Wildman–Crippen LogP) is 2.67. The van der Waals surface area contributed by atoms with Gasteiger partial charge in [-0.15, -0.1) is 0 Å². The van der Waals surface area contributed by atoms with Crippen LogP contribution in [0.2, 0.25) is 0 Å². The molecule has 1 N–H and O–H groups in total. The van der Waals surface area contributed by atoms with Crippen LogP contribution in [-0.2, 0) is 9.59 Å². The maximum Gasteiger partial charge on any atom is 0.244 e. The zero-order valence-corrected chi connectivity index (χ0v) is 16.2. The summed E-state index contributed by atoms with van der Waals surface area (Å²) in [5.41, 5.74) is 1.62. The number of methoxy groups -OCH3 is 3. The minimum Gasteiger partial charge on any atom is -0.493 e. The third-order valence-corrected chi connectivity index (χ3v) is 4.77. The fourth-order valence-corrected chi connectivity index (χ4v) is 3.40. The number of amides is 2. The lowest BCUT2D eigenvalue weighted by molar-refractivity contribution is -0.131. The molecular weight excluding hydrogens is 360 g/mol. The standard InChI is InChI=1S/C21H24N2O5/c1-26-17-10-16(11-18(27-2)21(17)28-3)22-19(24)13-23-12-15(9-20(23)25)14-7-5-4-6-8-14/h4-8,10-11,15H,9,12-13H2,1-3H3,(H,22,24)/t15-/m0/s1. The van der Waals surface area contributed by atoms with Crippen LogP contribution in [0.15, 0.2) is 42.5 Å². The molecule has 7 nitrogen and oxygen atoms in total. The molecular formula is C21H24N2O5. The number of rotatable bonds is 7. The molecule has 7 heteroatoms. The van der Waals surface area contributed by atoms with E-state index in [0.29, 0.717) is 35.9 Å². The lowest BCUT2D eigenvalue weighted by Gasteiger charge is -2.18. The van der Waals surface area contributed by atoms with Crippen LogP contribution < -0.4 is 19.5 Å². The average Bonchev–Trinajstić information content (AvgIpc) is 3.08. The predicted molar refractivity (Wildman–Crippen MR) is 105 cm³/mol. The van der Waals surface area contributed by atoms with Gasteiger partial charge in [-0.1, -0.05) is 30.3 Å². The lowest BCUT2D eigenvalue weighted by atomic mass is 9.99. The second-order valence-corrected chi connectivity index (χ2v) is 6.55. The van der Waals surface area contributed by atoms with E-state index in [4.69, 9.17) is 14.2 Å². The fraction of sp³-hybridized carbons (Fsp3) is 0.333. The first-order chi connectivity index (χ1) is 13.5. The van der Waals surface area contributed by atoms with Gasteiger partial charge in [0.25, 0.3) is 0 Å². The minimum absolute atomic E-state index is 0.00116. The molecule has 2 aromatic carbocycles. The van der Waals surface area contributed by atoms with Gasteiger partial charge in [-0.25, -0.2) is 0 Å². The Kier molecular flexibility index (Phi) is 6.03. The Labute approximate surface area is 164 Å². The molecule has 0 unspecified atom stereocenters. The van der Waals surface area contributed by atoms with Crippen molar-refractivity contribution in [1.29, 1.82) is 0 Å². The quantitative estimate of drug-likeness (QED) is 0.794. The molecule has 0 aromatic heterocycles. The number of likely N-dealkylation sites (tertiary alicyclic amines) is 1. The summed E-state index contributed by atoms with van der Waals surface area (Å²) in [5.74, 6) is 1.15. The van der Waals surface area contributed by atoms with E-state index < -0.39 is 0 Å². The molecule has 1 aliphatic heterocycles. The van der Waals surface area contributed by atoms with Crippen LogP contribution in [0.4, 0.5) is 5.69 Å². The van der Waals surface area contributed by atoms with Gasteiger partial charge in [0.05, 0.1) is 27.9 Å². The number of carbonyl (C=O) groups is 2. The summed E-state index contributed by atoms with van der Waals surface area (Å²) in [7, 11) is 4.53. The fourth-order valence-electron chi connectivity index (χ4n) is 3.40. The summed E-state index contributed by atoms with van der Waals surface area (Å²) in [4.78, 5) is 26.4. The van der Waals surface area contributed by atoms with Gasteiger partial charge >= 0.3 is 0 Å². The summed E-state index contributed by atoms with van der Waals surface area (Å²) < 4.78 is 15.9. The Morgan fingerprint density at radius 2 is 1.71 bits per heavy atom.